The second-order valence-electron chi connectivity index (χ2n) is 2.68. The third-order valence-electron chi connectivity index (χ3n) is 1.53. The second kappa shape index (κ2) is 5.21. The predicted octanol–water partition coefficient (Wildman–Crippen LogP) is 3.23. The van der Waals surface area contributed by atoms with Crippen molar-refractivity contribution >= 4 is 39.9 Å². The van der Waals surface area contributed by atoms with E-state index in [2.05, 4.69) is 9.72 Å². The quantitative estimate of drug-likeness (QED) is 0.265. The van der Waals surface area contributed by atoms with E-state index >= 15 is 0 Å². The van der Waals surface area contributed by atoms with Crippen molar-refractivity contribution in [1.29, 1.82) is 0 Å². The minimum absolute atomic E-state index is 0.114. The van der Waals surface area contributed by atoms with E-state index in [0.29, 0.717) is 0 Å². The number of hydrogen-bond donors (Lipinski definition) is 0. The smallest absolute Gasteiger partial charge is 0.398 e. The summed E-state index contributed by atoms with van der Waals surface area (Å²) in [6.07, 6.45) is -5.02. The molecule has 0 amide bonds. The molecule has 0 unspecified atom stereocenters. The molecule has 1 aromatic rings. The van der Waals surface area contributed by atoms with Crippen LogP contribution < -0.4 is 4.74 Å². The lowest BCUT2D eigenvalue weighted by molar-refractivity contribution is -0.389. The summed E-state index contributed by atoms with van der Waals surface area (Å²) >= 11 is 6.99. The summed E-state index contributed by atoms with van der Waals surface area (Å²) in [7, 11) is 0. The van der Waals surface area contributed by atoms with Gasteiger partial charge < -0.3 is 4.74 Å². The number of hydrogen-bond acceptors (Lipinski definition) is 4. The first-order valence-electron chi connectivity index (χ1n) is 3.90. The number of alkyl halides is 4. The van der Waals surface area contributed by atoms with Crippen molar-refractivity contribution in [3.8, 4) is 5.75 Å². The zero-order valence-electron chi connectivity index (χ0n) is 7.79. The maximum atomic E-state index is 12.1. The molecule has 0 aliphatic carbocycles. The van der Waals surface area contributed by atoms with Crippen LogP contribution in [-0.2, 0) is 5.88 Å². The van der Waals surface area contributed by atoms with Crippen LogP contribution in [-0.4, -0.2) is 16.3 Å². The second-order valence-corrected chi connectivity index (χ2v) is 4.05. The molecule has 0 spiro atoms. The molecule has 0 aromatic carbocycles. The van der Waals surface area contributed by atoms with Crippen LogP contribution in [0.1, 0.15) is 5.69 Å². The van der Waals surface area contributed by atoms with E-state index in [1.165, 1.54) is 0 Å². The first-order valence-corrected chi connectivity index (χ1v) is 5.51. The number of rotatable bonds is 3. The lowest BCUT2D eigenvalue weighted by Crippen LogP contribution is -2.18. The van der Waals surface area contributed by atoms with Crippen LogP contribution in [0.5, 0.6) is 5.75 Å². The van der Waals surface area contributed by atoms with Gasteiger partial charge in [-0.3, -0.25) is 10.1 Å². The summed E-state index contributed by atoms with van der Waals surface area (Å²) in [4.78, 5) is 13.3. The largest absolute Gasteiger partial charge is 0.573 e. The molecule has 0 saturated carbocycles. The van der Waals surface area contributed by atoms with Crippen LogP contribution in [0, 0.1) is 13.8 Å². The molecule has 0 aliphatic heterocycles. The van der Waals surface area contributed by atoms with Crippen LogP contribution in [0.25, 0.3) is 0 Å². The summed E-state index contributed by atoms with van der Waals surface area (Å²) in [5, 5.41) is 10.7. The molecule has 1 aromatic heterocycles. The Balaban J connectivity index is 3.35. The molecule has 0 bridgehead atoms. The number of nitrogens with zero attached hydrogens (tertiary/aromatic N) is 2. The molecule has 0 fully saturated rings. The molecule has 17 heavy (non-hydrogen) atoms. The molecule has 0 radical (unpaired) electrons. The fourth-order valence-corrected chi connectivity index (χ4v) is 1.78. The summed E-state index contributed by atoms with van der Waals surface area (Å²) in [6, 6.07) is 0.822. The van der Waals surface area contributed by atoms with Gasteiger partial charge in [0.2, 0.25) is 5.75 Å². The van der Waals surface area contributed by atoms with Crippen molar-refractivity contribution in [3.05, 3.63) is 25.6 Å². The standard InChI is InChI=1S/C7H3ClF3IN2O3/c8-2-3-6(14(15)16)4(1-5(12)13-3)17-7(9,10)11/h1H,2H2. The first kappa shape index (κ1) is 14.2. The zero-order valence-corrected chi connectivity index (χ0v) is 10.7. The van der Waals surface area contributed by atoms with E-state index in [0.717, 1.165) is 6.07 Å². The Labute approximate surface area is 111 Å². The van der Waals surface area contributed by atoms with Crippen molar-refractivity contribution in [1.82, 2.24) is 4.98 Å². The van der Waals surface area contributed by atoms with Gasteiger partial charge in [-0.05, 0) is 22.6 Å². The Bertz CT molecular complexity index is 455. The summed E-state index contributed by atoms with van der Waals surface area (Å²) in [6.45, 7) is 0. The Kier molecular flexibility index (Phi) is 4.36. The van der Waals surface area contributed by atoms with Gasteiger partial charge in [-0.1, -0.05) is 0 Å². The van der Waals surface area contributed by atoms with E-state index in [9.17, 15) is 23.3 Å². The molecule has 1 rings (SSSR count). The maximum absolute atomic E-state index is 12.1. The molecule has 1 heterocycles. The number of pyridine rings is 1. The van der Waals surface area contributed by atoms with E-state index < -0.39 is 22.7 Å². The molecular weight excluding hydrogens is 379 g/mol. The average molecular weight is 382 g/mol. The van der Waals surface area contributed by atoms with Crippen molar-refractivity contribution in [2.45, 2.75) is 12.2 Å². The molecule has 0 N–H and O–H groups in total. The van der Waals surface area contributed by atoms with Crippen molar-refractivity contribution in [2.75, 3.05) is 0 Å². The fourth-order valence-electron chi connectivity index (χ4n) is 1.02. The van der Waals surface area contributed by atoms with Crippen LogP contribution >= 0.6 is 34.2 Å². The van der Waals surface area contributed by atoms with Crippen LogP contribution in [0.3, 0.4) is 0 Å². The van der Waals surface area contributed by atoms with E-state index in [4.69, 9.17) is 11.6 Å². The summed E-state index contributed by atoms with van der Waals surface area (Å²) in [5.41, 5.74) is -1.15. The molecule has 10 heteroatoms. The minimum atomic E-state index is -5.02. The highest BCUT2D eigenvalue weighted by molar-refractivity contribution is 14.1. The van der Waals surface area contributed by atoms with Crippen molar-refractivity contribution in [3.63, 3.8) is 0 Å². The lowest BCUT2D eigenvalue weighted by atomic mass is 10.3. The highest BCUT2D eigenvalue weighted by Crippen LogP contribution is 2.35. The van der Waals surface area contributed by atoms with E-state index in [1.807, 2.05) is 0 Å². The Morgan fingerprint density at radius 1 is 1.59 bits per heavy atom. The molecule has 0 atom stereocenters. The Morgan fingerprint density at radius 2 is 2.18 bits per heavy atom. The Morgan fingerprint density at radius 3 is 2.59 bits per heavy atom. The predicted molar refractivity (Wildman–Crippen MR) is 59.8 cm³/mol. The van der Waals surface area contributed by atoms with E-state index in [-0.39, 0.29) is 15.3 Å². The topological polar surface area (TPSA) is 65.3 Å². The summed E-state index contributed by atoms with van der Waals surface area (Å²) < 4.78 is 39.8. The molecule has 0 aliphatic rings. The number of ether oxygens (including phenoxy) is 1. The maximum Gasteiger partial charge on any atom is 0.573 e. The molecule has 0 saturated heterocycles. The van der Waals surface area contributed by atoms with Gasteiger partial charge in [0.1, 0.15) is 9.39 Å². The third-order valence-corrected chi connectivity index (χ3v) is 2.34. The van der Waals surface area contributed by atoms with Gasteiger partial charge in [0.05, 0.1) is 10.8 Å². The monoisotopic (exact) mass is 382 g/mol. The highest BCUT2D eigenvalue weighted by atomic mass is 127. The molecular formula is C7H3ClF3IN2O3. The molecule has 94 valence electrons. The minimum Gasteiger partial charge on any atom is -0.398 e. The van der Waals surface area contributed by atoms with Gasteiger partial charge in [-0.25, -0.2) is 4.98 Å². The van der Waals surface area contributed by atoms with Gasteiger partial charge in [-0.15, -0.1) is 24.8 Å². The van der Waals surface area contributed by atoms with Crippen molar-refractivity contribution in [2.24, 2.45) is 0 Å². The highest BCUT2D eigenvalue weighted by Gasteiger charge is 2.36. The SMILES string of the molecule is O=[N+]([O-])c1c(OC(F)(F)F)cc(I)nc1CCl. The van der Waals surface area contributed by atoms with Crippen LogP contribution in [0.4, 0.5) is 18.9 Å². The first-order chi connectivity index (χ1) is 7.74. The van der Waals surface area contributed by atoms with Crippen molar-refractivity contribution < 1.29 is 22.8 Å². The molecule has 5 nitrogen and oxygen atoms in total. The number of halogens is 5. The lowest BCUT2D eigenvalue weighted by Gasteiger charge is -2.10. The normalized spacial score (nSPS) is 11.4. The van der Waals surface area contributed by atoms with Gasteiger partial charge in [-0.2, -0.15) is 0 Å². The van der Waals surface area contributed by atoms with Gasteiger partial charge in [0.25, 0.3) is 0 Å². The summed E-state index contributed by atoms with van der Waals surface area (Å²) in [5.74, 6) is -1.31. The van der Waals surface area contributed by atoms with Gasteiger partial charge in [0.15, 0.2) is 0 Å². The third kappa shape index (κ3) is 3.84. The van der Waals surface area contributed by atoms with Crippen LogP contribution in [0.15, 0.2) is 6.07 Å². The average Bonchev–Trinajstić information content (AvgIpc) is 2.12. The fraction of sp³-hybridized carbons (Fsp3) is 0.286. The zero-order chi connectivity index (χ0) is 13.2. The Hall–Kier alpha value is -0.840. The van der Waals surface area contributed by atoms with Crippen LogP contribution in [0.2, 0.25) is 0 Å². The van der Waals surface area contributed by atoms with Gasteiger partial charge in [0, 0.05) is 6.07 Å². The number of nitro groups is 1. The number of aromatic nitrogens is 1. The van der Waals surface area contributed by atoms with E-state index in [1.54, 1.807) is 22.6 Å². The van der Waals surface area contributed by atoms with Gasteiger partial charge >= 0.3 is 12.0 Å².